The van der Waals surface area contributed by atoms with E-state index in [1.807, 2.05) is 0 Å². The zero-order valence-electron chi connectivity index (χ0n) is 11.8. The topological polar surface area (TPSA) is 37.3 Å². The van der Waals surface area contributed by atoms with E-state index in [4.69, 9.17) is 5.11 Å². The van der Waals surface area contributed by atoms with Crippen LogP contribution >= 0.6 is 0 Å². The third-order valence-electron chi connectivity index (χ3n) is 3.00. The second-order valence-corrected chi connectivity index (χ2v) is 4.77. The average molecular weight is 556 g/mol. The second-order valence-electron chi connectivity index (χ2n) is 4.77. The van der Waals surface area contributed by atoms with Crippen molar-refractivity contribution < 1.29 is 67.4 Å². The molecule has 22 heavy (non-hydrogen) atoms. The third-order valence-corrected chi connectivity index (χ3v) is 3.00. The first-order valence-corrected chi connectivity index (χ1v) is 6.10. The summed E-state index contributed by atoms with van der Waals surface area (Å²) in [4.78, 5) is 9.28. The Bertz CT molecular complexity index is 345. The van der Waals surface area contributed by atoms with Crippen molar-refractivity contribution in [3.05, 3.63) is 18.6 Å². The van der Waals surface area contributed by atoms with E-state index in [1.54, 1.807) is 13.2 Å². The van der Waals surface area contributed by atoms with Gasteiger partial charge in [0.15, 0.2) is 0 Å². The van der Waals surface area contributed by atoms with Gasteiger partial charge in [-0.3, -0.25) is 0 Å². The van der Waals surface area contributed by atoms with Gasteiger partial charge in [0.25, 0.3) is 0 Å². The second kappa shape index (κ2) is 9.33. The predicted molar refractivity (Wildman–Crippen MR) is 63.8 cm³/mol. The minimum Gasteiger partial charge on any atom is -0.419 e. The Kier molecular flexibility index (Phi) is 10.3. The number of carbonyl (C=O) groups excluding carboxylic acids is 1. The van der Waals surface area contributed by atoms with Gasteiger partial charge in [-0.05, 0) is 6.29 Å². The molecule has 0 bridgehead atoms. The first kappa shape index (κ1) is 24.3. The summed E-state index contributed by atoms with van der Waals surface area (Å²) < 4.78 is 74.4. The van der Waals surface area contributed by atoms with Crippen LogP contribution < -0.4 is 0 Å². The number of aliphatic hydroxyl groups is 1. The van der Waals surface area contributed by atoms with Crippen molar-refractivity contribution in [2.75, 3.05) is 0 Å². The van der Waals surface area contributed by atoms with Gasteiger partial charge >= 0.3 is 43.5 Å². The van der Waals surface area contributed by atoms with E-state index in [0.717, 1.165) is 6.42 Å². The fourth-order valence-corrected chi connectivity index (χ4v) is 1.91. The van der Waals surface area contributed by atoms with Crippen LogP contribution in [0.1, 0.15) is 32.6 Å². The van der Waals surface area contributed by atoms with Crippen molar-refractivity contribution in [1.29, 1.82) is 0 Å². The first-order chi connectivity index (χ1) is 9.38. The van der Waals surface area contributed by atoms with Crippen molar-refractivity contribution in [2.24, 2.45) is 5.92 Å². The Morgan fingerprint density at radius 1 is 1.18 bits per heavy atom. The number of rotatable bonds is 2. The van der Waals surface area contributed by atoms with Crippen LogP contribution in [0.2, 0.25) is 0 Å². The summed E-state index contributed by atoms with van der Waals surface area (Å²) in [6.07, 6.45) is -8.22. The maximum Gasteiger partial charge on any atom is 2.00 e. The largest absolute Gasteiger partial charge is 2.00 e. The summed E-state index contributed by atoms with van der Waals surface area (Å²) in [5.41, 5.74) is -4.16. The Morgan fingerprint density at radius 3 is 1.82 bits per heavy atom. The van der Waals surface area contributed by atoms with Gasteiger partial charge in [-0.1, -0.05) is 26.2 Å². The summed E-state index contributed by atoms with van der Waals surface area (Å²) in [6, 6.07) is 0. The smallest absolute Gasteiger partial charge is 0.419 e. The van der Waals surface area contributed by atoms with Gasteiger partial charge in [-0.2, -0.15) is 38.3 Å². The Hall–Kier alpha value is 0.00195. The van der Waals surface area contributed by atoms with E-state index in [1.165, 1.54) is 0 Å². The molecule has 1 aliphatic carbocycles. The number of hydrogen-bond donors (Lipinski definition) is 1. The van der Waals surface area contributed by atoms with E-state index >= 15 is 0 Å². The molecule has 1 fully saturated rings. The van der Waals surface area contributed by atoms with Crippen LogP contribution in [0.15, 0.2) is 12.2 Å². The van der Waals surface area contributed by atoms with Crippen LogP contribution in [-0.2, 0) is 4.79 Å². The summed E-state index contributed by atoms with van der Waals surface area (Å²) >= 11 is 0. The number of halogens is 6. The quantitative estimate of drug-likeness (QED) is 0.319. The molecule has 2 nitrogen and oxygen atoms in total. The molecule has 1 atom stereocenters. The molecule has 1 aliphatic rings. The zero-order valence-corrected chi connectivity index (χ0v) is 16.0. The first-order valence-electron chi connectivity index (χ1n) is 6.10. The molecule has 0 heterocycles. The minimum absolute atomic E-state index is 0. The van der Waals surface area contributed by atoms with E-state index in [-0.39, 0.29) is 50.4 Å². The molecule has 126 valence electrons. The van der Waals surface area contributed by atoms with Crippen LogP contribution in [0.5, 0.6) is 0 Å². The van der Waals surface area contributed by atoms with Crippen molar-refractivity contribution in [1.82, 2.24) is 0 Å². The van der Waals surface area contributed by atoms with Crippen molar-refractivity contribution >= 4 is 6.29 Å². The molecule has 1 saturated carbocycles. The summed E-state index contributed by atoms with van der Waals surface area (Å²) in [5.74, 6) is -1.90. The molecule has 0 spiro atoms. The zero-order chi connectivity index (χ0) is 16.9. The van der Waals surface area contributed by atoms with Crippen molar-refractivity contribution in [2.45, 2.75) is 50.6 Å². The Morgan fingerprint density at radius 2 is 1.59 bits per heavy atom. The van der Waals surface area contributed by atoms with Gasteiger partial charge in [0, 0.05) is 0 Å². The van der Waals surface area contributed by atoms with Gasteiger partial charge < -0.3 is 16.3 Å². The van der Waals surface area contributed by atoms with E-state index in [2.05, 4.69) is 6.58 Å². The van der Waals surface area contributed by atoms with E-state index in [9.17, 15) is 31.1 Å². The van der Waals surface area contributed by atoms with Crippen LogP contribution in [0.25, 0.3) is 0 Å². The molecule has 1 N–H and O–H groups in total. The normalized spacial score (nSPS) is 19.4. The fourth-order valence-electron chi connectivity index (χ4n) is 1.91. The maximum atomic E-state index is 12.4. The van der Waals surface area contributed by atoms with Crippen molar-refractivity contribution in [3.8, 4) is 0 Å². The molecule has 9 heteroatoms. The van der Waals surface area contributed by atoms with Gasteiger partial charge in [-0.15, -0.1) is 5.92 Å². The van der Waals surface area contributed by atoms with Crippen LogP contribution in [-0.4, -0.2) is 29.3 Å². The monoisotopic (exact) mass is 556 g/mol. The number of allylic oxidation sites excluding steroid dienone is 1. The summed E-state index contributed by atoms with van der Waals surface area (Å²) in [5, 5.41) is 9.03. The Balaban J connectivity index is 0. The summed E-state index contributed by atoms with van der Waals surface area (Å²) in [7, 11) is 0. The van der Waals surface area contributed by atoms with Gasteiger partial charge in [0.2, 0.25) is 5.60 Å². The minimum atomic E-state index is -5.70. The molecule has 0 aromatic rings. The van der Waals surface area contributed by atoms with Gasteiger partial charge in [0.1, 0.15) is 0 Å². The summed E-state index contributed by atoms with van der Waals surface area (Å²) in [6.45, 7) is 4.85. The van der Waals surface area contributed by atoms with Gasteiger partial charge in [-0.25, -0.2) is 6.58 Å². The number of hydrogen-bond acceptors (Lipinski definition) is 2. The molecule has 0 aromatic heterocycles. The third kappa shape index (κ3) is 6.25. The molecule has 0 aromatic carbocycles. The molecule has 0 saturated heterocycles. The number of alkyl halides is 6. The van der Waals surface area contributed by atoms with Gasteiger partial charge in [0.05, 0.1) is 0 Å². The van der Waals surface area contributed by atoms with Crippen LogP contribution in [0.3, 0.4) is 0 Å². The van der Waals surface area contributed by atoms with Crippen LogP contribution in [0.4, 0.5) is 26.3 Å². The predicted octanol–water partition coefficient (Wildman–Crippen LogP) is 3.91. The standard InChI is InChI=1S/C9H11F6O.C4H5O.U/c10-8(11,12)7(16,9(13,14)15)6-4-2-1-3-5-6;1-4(2)3-5;/h4,6,16H,1-3,5H2;1H2,2H3;/q2*-1;+2. The maximum absolute atomic E-state index is 12.4. The molecular weight excluding hydrogens is 540 g/mol. The molecular formula is C13H16F6O2U. The molecule has 0 aliphatic heterocycles. The van der Waals surface area contributed by atoms with Crippen molar-refractivity contribution in [3.63, 3.8) is 0 Å². The fraction of sp³-hybridized carbons (Fsp3) is 0.692. The SMILES string of the molecule is C=C(C)[C-]=O.OC(C1[CH-]CCCC1)(C(F)(F)F)C(F)(F)F.[U+2]. The van der Waals surface area contributed by atoms with E-state index < -0.39 is 23.9 Å². The molecule has 1 rings (SSSR count). The Labute approximate surface area is 148 Å². The molecule has 0 radical (unpaired) electrons. The van der Waals surface area contributed by atoms with E-state index in [0.29, 0.717) is 12.0 Å². The molecule has 0 amide bonds. The van der Waals surface area contributed by atoms with Crippen LogP contribution in [0, 0.1) is 43.5 Å². The average Bonchev–Trinajstić information content (AvgIpc) is 2.36. The molecule has 1 unspecified atom stereocenters.